The van der Waals surface area contributed by atoms with Crippen molar-refractivity contribution in [3.05, 3.63) is 106 Å². The van der Waals surface area contributed by atoms with Crippen LogP contribution in [-0.2, 0) is 17.9 Å². The molecule has 0 aliphatic heterocycles. The van der Waals surface area contributed by atoms with Gasteiger partial charge in [-0.1, -0.05) is 54.1 Å². The van der Waals surface area contributed by atoms with Crippen LogP contribution in [0.4, 0.5) is 5.69 Å². The number of rotatable bonds is 8. The van der Waals surface area contributed by atoms with Gasteiger partial charge < -0.3 is 15.6 Å². The summed E-state index contributed by atoms with van der Waals surface area (Å²) in [5.41, 5.74) is 3.36. The fourth-order valence-electron chi connectivity index (χ4n) is 3.73. The number of aryl methyl sites for hydroxylation is 1. The molecule has 0 saturated heterocycles. The van der Waals surface area contributed by atoms with Gasteiger partial charge in [-0.3, -0.25) is 19.3 Å². The summed E-state index contributed by atoms with van der Waals surface area (Å²) < 4.78 is 0. The number of anilines is 1. The Morgan fingerprint density at radius 2 is 1.69 bits per heavy atom. The fourth-order valence-corrected chi connectivity index (χ4v) is 3.73. The van der Waals surface area contributed by atoms with Gasteiger partial charge in [-0.15, -0.1) is 0 Å². The molecule has 0 radical (unpaired) electrons. The normalized spacial score (nSPS) is 10.9. The maximum atomic E-state index is 12.8. The van der Waals surface area contributed by atoms with E-state index in [9.17, 15) is 14.4 Å². The van der Waals surface area contributed by atoms with E-state index in [2.05, 4.69) is 20.6 Å². The van der Waals surface area contributed by atoms with Gasteiger partial charge in [-0.25, -0.2) is 4.98 Å². The maximum Gasteiger partial charge on any atom is 0.258 e. The molecule has 8 nitrogen and oxygen atoms in total. The van der Waals surface area contributed by atoms with E-state index < -0.39 is 0 Å². The van der Waals surface area contributed by atoms with Crippen LogP contribution in [-0.4, -0.2) is 40.3 Å². The molecule has 8 heteroatoms. The van der Waals surface area contributed by atoms with Gasteiger partial charge in [0, 0.05) is 6.54 Å². The number of aromatic nitrogens is 2. The molecular formula is C27H27N5O3. The molecule has 35 heavy (non-hydrogen) atoms. The Bertz CT molecular complexity index is 1410. The number of nitrogens with zero attached hydrogens (tertiary/aromatic N) is 2. The third-order valence-electron chi connectivity index (χ3n) is 5.51. The molecule has 0 atom stereocenters. The standard InChI is InChI=1S/C27H27N5O3/c1-18-11-13-19(14-12-18)15-28-26(34)20-7-3-6-10-23(20)30-25(33)17-32(2)16-24-29-22-9-5-4-8-21(22)27(35)31-24/h3-14H,15-17H2,1-2H3,(H,28,34)(H,30,33)(H,29,31,35). The summed E-state index contributed by atoms with van der Waals surface area (Å²) in [6.45, 7) is 2.74. The quantitative estimate of drug-likeness (QED) is 0.367. The van der Waals surface area contributed by atoms with Crippen molar-refractivity contribution in [2.45, 2.75) is 20.0 Å². The molecule has 0 bridgehead atoms. The first-order valence-electron chi connectivity index (χ1n) is 11.3. The maximum absolute atomic E-state index is 12.8. The molecular weight excluding hydrogens is 442 g/mol. The topological polar surface area (TPSA) is 107 Å². The Kier molecular flexibility index (Phi) is 7.32. The van der Waals surface area contributed by atoms with Gasteiger partial charge in [0.25, 0.3) is 11.5 Å². The molecule has 3 aromatic carbocycles. The zero-order valence-electron chi connectivity index (χ0n) is 19.7. The Hall–Kier alpha value is -4.30. The summed E-state index contributed by atoms with van der Waals surface area (Å²) in [4.78, 5) is 46.7. The number of hydrogen-bond donors (Lipinski definition) is 3. The van der Waals surface area contributed by atoms with Crippen molar-refractivity contribution < 1.29 is 9.59 Å². The zero-order valence-corrected chi connectivity index (χ0v) is 19.7. The molecule has 1 heterocycles. The number of fused-ring (bicyclic) bond motifs is 1. The highest BCUT2D eigenvalue weighted by atomic mass is 16.2. The molecule has 0 saturated carbocycles. The number of nitrogens with one attached hydrogen (secondary N) is 3. The second kappa shape index (κ2) is 10.8. The number of H-pyrrole nitrogens is 1. The molecule has 2 amide bonds. The van der Waals surface area contributed by atoms with Crippen molar-refractivity contribution in [1.29, 1.82) is 0 Å². The lowest BCUT2D eigenvalue weighted by molar-refractivity contribution is -0.117. The number of aromatic amines is 1. The van der Waals surface area contributed by atoms with E-state index in [0.717, 1.165) is 11.1 Å². The highest BCUT2D eigenvalue weighted by Gasteiger charge is 2.15. The van der Waals surface area contributed by atoms with Crippen molar-refractivity contribution in [2.75, 3.05) is 18.9 Å². The molecule has 0 spiro atoms. The summed E-state index contributed by atoms with van der Waals surface area (Å²) in [5.74, 6) is -0.0814. The van der Waals surface area contributed by atoms with Gasteiger partial charge in [0.05, 0.1) is 35.2 Å². The van der Waals surface area contributed by atoms with Crippen LogP contribution in [0.15, 0.2) is 77.6 Å². The van der Waals surface area contributed by atoms with Gasteiger partial charge >= 0.3 is 0 Å². The van der Waals surface area contributed by atoms with Gasteiger partial charge in [0.1, 0.15) is 5.82 Å². The van der Waals surface area contributed by atoms with E-state index in [1.54, 1.807) is 54.4 Å². The largest absolute Gasteiger partial charge is 0.348 e. The van der Waals surface area contributed by atoms with Gasteiger partial charge in [-0.05, 0) is 43.8 Å². The first-order chi connectivity index (χ1) is 16.9. The predicted octanol–water partition coefficient (Wildman–Crippen LogP) is 3.23. The number of carbonyl (C=O) groups excluding carboxylic acids is 2. The second-order valence-corrected chi connectivity index (χ2v) is 8.46. The van der Waals surface area contributed by atoms with E-state index in [4.69, 9.17) is 0 Å². The number of amides is 2. The van der Waals surface area contributed by atoms with Crippen LogP contribution >= 0.6 is 0 Å². The highest BCUT2D eigenvalue weighted by molar-refractivity contribution is 6.04. The lowest BCUT2D eigenvalue weighted by Crippen LogP contribution is -2.32. The SMILES string of the molecule is Cc1ccc(CNC(=O)c2ccccc2NC(=O)CN(C)Cc2nc3ccccc3c(=O)[nH]2)cc1. The number of likely N-dealkylation sites (N-methyl/N-ethyl adjacent to an activating group) is 1. The van der Waals surface area contributed by atoms with Crippen LogP contribution in [0.25, 0.3) is 10.9 Å². The van der Waals surface area contributed by atoms with Crippen molar-refractivity contribution in [3.8, 4) is 0 Å². The molecule has 0 aliphatic carbocycles. The van der Waals surface area contributed by atoms with E-state index in [1.807, 2.05) is 37.3 Å². The number of benzene rings is 3. The first kappa shape index (κ1) is 23.8. The summed E-state index contributed by atoms with van der Waals surface area (Å²) in [6, 6.07) is 21.9. The Morgan fingerprint density at radius 3 is 2.49 bits per heavy atom. The highest BCUT2D eigenvalue weighted by Crippen LogP contribution is 2.16. The van der Waals surface area contributed by atoms with E-state index >= 15 is 0 Å². The smallest absolute Gasteiger partial charge is 0.258 e. The molecule has 1 aromatic heterocycles. The average Bonchev–Trinajstić information content (AvgIpc) is 2.83. The molecule has 4 aromatic rings. The minimum atomic E-state index is -0.283. The summed E-state index contributed by atoms with van der Waals surface area (Å²) in [6.07, 6.45) is 0. The Morgan fingerprint density at radius 1 is 0.971 bits per heavy atom. The molecule has 0 unspecified atom stereocenters. The first-order valence-corrected chi connectivity index (χ1v) is 11.3. The molecule has 4 rings (SSSR count). The summed E-state index contributed by atoms with van der Waals surface area (Å²) in [7, 11) is 1.76. The molecule has 0 aliphatic rings. The van der Waals surface area contributed by atoms with Crippen LogP contribution in [0.5, 0.6) is 0 Å². The molecule has 3 N–H and O–H groups in total. The number of hydrogen-bond acceptors (Lipinski definition) is 5. The Balaban J connectivity index is 1.37. The molecule has 0 fully saturated rings. The fraction of sp³-hybridized carbons (Fsp3) is 0.185. The minimum absolute atomic E-state index is 0.0514. The van der Waals surface area contributed by atoms with Crippen molar-refractivity contribution in [1.82, 2.24) is 20.2 Å². The van der Waals surface area contributed by atoms with Crippen LogP contribution in [0.2, 0.25) is 0 Å². The van der Waals surface area contributed by atoms with Crippen LogP contribution < -0.4 is 16.2 Å². The lowest BCUT2D eigenvalue weighted by atomic mass is 10.1. The van der Waals surface area contributed by atoms with Crippen LogP contribution in [0.3, 0.4) is 0 Å². The second-order valence-electron chi connectivity index (χ2n) is 8.46. The third-order valence-corrected chi connectivity index (χ3v) is 5.51. The monoisotopic (exact) mass is 469 g/mol. The van der Waals surface area contributed by atoms with Crippen molar-refractivity contribution in [2.24, 2.45) is 0 Å². The summed E-state index contributed by atoms with van der Waals surface area (Å²) in [5, 5.41) is 6.24. The number of para-hydroxylation sites is 2. The third kappa shape index (κ3) is 6.18. The van der Waals surface area contributed by atoms with Crippen LogP contribution in [0, 0.1) is 6.92 Å². The Labute approximate surface area is 203 Å². The predicted molar refractivity (Wildman–Crippen MR) is 136 cm³/mol. The van der Waals surface area contributed by atoms with Gasteiger partial charge in [-0.2, -0.15) is 0 Å². The molecule has 178 valence electrons. The van der Waals surface area contributed by atoms with Crippen LogP contribution in [0.1, 0.15) is 27.3 Å². The van der Waals surface area contributed by atoms with Crippen molar-refractivity contribution >= 4 is 28.4 Å². The van der Waals surface area contributed by atoms with E-state index in [1.165, 1.54) is 0 Å². The van der Waals surface area contributed by atoms with Gasteiger partial charge in [0.2, 0.25) is 5.91 Å². The van der Waals surface area contributed by atoms with E-state index in [0.29, 0.717) is 34.5 Å². The average molecular weight is 470 g/mol. The lowest BCUT2D eigenvalue weighted by Gasteiger charge is -2.17. The van der Waals surface area contributed by atoms with E-state index in [-0.39, 0.29) is 30.5 Å². The minimum Gasteiger partial charge on any atom is -0.348 e. The van der Waals surface area contributed by atoms with Crippen molar-refractivity contribution in [3.63, 3.8) is 0 Å². The number of carbonyl (C=O) groups is 2. The zero-order chi connectivity index (χ0) is 24.8. The van der Waals surface area contributed by atoms with Gasteiger partial charge in [0.15, 0.2) is 0 Å². The summed E-state index contributed by atoms with van der Waals surface area (Å²) >= 11 is 0.